The molecular formula is C19H16ClF3N4O4S. The Hall–Kier alpha value is -2.57. The van der Waals surface area contributed by atoms with Crippen LogP contribution in [0, 0.1) is 0 Å². The molecule has 0 unspecified atom stereocenters. The second-order valence-corrected chi connectivity index (χ2v) is 10.2. The number of sulfonamides is 1. The van der Waals surface area contributed by atoms with E-state index < -0.39 is 39.4 Å². The molecular weight excluding hydrogens is 473 g/mol. The Balaban J connectivity index is 1.45. The summed E-state index contributed by atoms with van der Waals surface area (Å²) in [5.74, 6) is -0.668. The quantitative estimate of drug-likeness (QED) is 0.595. The van der Waals surface area contributed by atoms with Crippen molar-refractivity contribution in [1.82, 2.24) is 19.0 Å². The van der Waals surface area contributed by atoms with Crippen LogP contribution in [0.4, 0.5) is 13.2 Å². The van der Waals surface area contributed by atoms with Crippen molar-refractivity contribution in [1.29, 1.82) is 0 Å². The molecule has 5 rings (SSSR count). The Morgan fingerprint density at radius 1 is 1.25 bits per heavy atom. The number of fused-ring (bicyclic) bond motifs is 1. The number of hydrogen-bond acceptors (Lipinski definition) is 5. The number of carbonyl (C=O) groups is 1. The van der Waals surface area contributed by atoms with Gasteiger partial charge in [-0.05, 0) is 25.0 Å². The van der Waals surface area contributed by atoms with E-state index in [1.165, 1.54) is 29.7 Å². The minimum atomic E-state index is -4.74. The second kappa shape index (κ2) is 7.22. The molecule has 8 nitrogen and oxygen atoms in total. The van der Waals surface area contributed by atoms with Crippen LogP contribution >= 0.6 is 11.6 Å². The zero-order chi connectivity index (χ0) is 22.8. The summed E-state index contributed by atoms with van der Waals surface area (Å²) >= 11 is 6.28. The first-order chi connectivity index (χ1) is 15.0. The molecule has 1 N–H and O–H groups in total. The van der Waals surface area contributed by atoms with Crippen LogP contribution in [-0.4, -0.2) is 53.0 Å². The number of furan rings is 1. The van der Waals surface area contributed by atoms with E-state index in [0.29, 0.717) is 18.4 Å². The van der Waals surface area contributed by atoms with Crippen LogP contribution in [-0.2, 0) is 16.2 Å². The van der Waals surface area contributed by atoms with Crippen LogP contribution < -0.4 is 4.72 Å². The number of pyridine rings is 1. The van der Waals surface area contributed by atoms with Gasteiger partial charge in [-0.15, -0.1) is 0 Å². The van der Waals surface area contributed by atoms with E-state index in [2.05, 4.69) is 9.71 Å². The van der Waals surface area contributed by atoms with Gasteiger partial charge in [-0.2, -0.15) is 13.2 Å². The van der Waals surface area contributed by atoms with Crippen molar-refractivity contribution in [2.75, 3.05) is 13.1 Å². The molecule has 1 amide bonds. The normalized spacial score (nSPS) is 17.7. The molecule has 170 valence electrons. The molecule has 1 aliphatic heterocycles. The van der Waals surface area contributed by atoms with Gasteiger partial charge in [0.2, 0.25) is 10.0 Å². The molecule has 1 aliphatic carbocycles. The summed E-state index contributed by atoms with van der Waals surface area (Å²) in [5, 5.41) is -0.645. The highest BCUT2D eigenvalue weighted by molar-refractivity contribution is 7.90. The fourth-order valence-corrected chi connectivity index (χ4v) is 5.44. The molecule has 13 heteroatoms. The van der Waals surface area contributed by atoms with E-state index >= 15 is 0 Å². The number of aromatic nitrogens is 2. The SMILES string of the molecule is O=C(c1nc2c(C(F)(F)F)cc(-c3ccoc3)cn2c1Cl)N1CC(NS(=O)(=O)C2CC2)C1. The second-order valence-electron chi connectivity index (χ2n) is 7.87. The fourth-order valence-electron chi connectivity index (χ4n) is 3.62. The largest absolute Gasteiger partial charge is 0.472 e. The highest BCUT2D eigenvalue weighted by Gasteiger charge is 2.42. The van der Waals surface area contributed by atoms with Gasteiger partial charge in [0.15, 0.2) is 11.3 Å². The molecule has 0 atom stereocenters. The van der Waals surface area contributed by atoms with Gasteiger partial charge in [-0.25, -0.2) is 18.1 Å². The molecule has 0 spiro atoms. The van der Waals surface area contributed by atoms with E-state index in [1.54, 1.807) is 0 Å². The van der Waals surface area contributed by atoms with Crippen molar-refractivity contribution >= 4 is 33.2 Å². The number of likely N-dealkylation sites (tertiary alicyclic amines) is 1. The van der Waals surface area contributed by atoms with Gasteiger partial charge >= 0.3 is 6.18 Å². The standard InChI is InChI=1S/C19H16ClF3N4O4S/c20-16-15(18(28)26-7-12(8-26)25-32(29,30)13-1-2-13)24-17-14(19(21,22)23)5-11(6-27(16)17)10-3-4-31-9-10/h3-6,9,12-13,25H,1-2,7-8H2. The number of rotatable bonds is 5. The molecule has 32 heavy (non-hydrogen) atoms. The van der Waals surface area contributed by atoms with Crippen molar-refractivity contribution in [3.8, 4) is 11.1 Å². The molecule has 0 radical (unpaired) electrons. The monoisotopic (exact) mass is 488 g/mol. The first kappa shape index (κ1) is 21.3. The number of imidazole rings is 1. The van der Waals surface area contributed by atoms with E-state index in [9.17, 15) is 26.4 Å². The Bertz CT molecular complexity index is 1310. The lowest BCUT2D eigenvalue weighted by Gasteiger charge is -2.38. The minimum absolute atomic E-state index is 0.0847. The topological polar surface area (TPSA) is 96.9 Å². The average molecular weight is 489 g/mol. The first-order valence-corrected chi connectivity index (χ1v) is 11.6. The highest BCUT2D eigenvalue weighted by atomic mass is 35.5. The molecule has 2 aliphatic rings. The fraction of sp³-hybridized carbons (Fsp3) is 0.368. The van der Waals surface area contributed by atoms with Gasteiger partial charge in [0, 0.05) is 30.4 Å². The molecule has 2 fully saturated rings. The molecule has 0 bridgehead atoms. The van der Waals surface area contributed by atoms with Gasteiger partial charge in [0.05, 0.1) is 29.4 Å². The van der Waals surface area contributed by atoms with E-state index in [4.69, 9.17) is 16.0 Å². The number of hydrogen-bond donors (Lipinski definition) is 1. The number of carbonyl (C=O) groups excluding carboxylic acids is 1. The highest BCUT2D eigenvalue weighted by Crippen LogP contribution is 2.37. The van der Waals surface area contributed by atoms with E-state index in [1.807, 2.05) is 0 Å². The number of halogens is 4. The molecule has 1 saturated carbocycles. The lowest BCUT2D eigenvalue weighted by molar-refractivity contribution is -0.136. The summed E-state index contributed by atoms with van der Waals surface area (Å²) in [6, 6.07) is 1.98. The number of amides is 1. The Kier molecular flexibility index (Phi) is 4.80. The number of alkyl halides is 3. The summed E-state index contributed by atoms with van der Waals surface area (Å²) < 4.78 is 73.7. The van der Waals surface area contributed by atoms with Gasteiger partial charge in [-0.1, -0.05) is 11.6 Å². The van der Waals surface area contributed by atoms with E-state index in [-0.39, 0.29) is 34.7 Å². The van der Waals surface area contributed by atoms with Gasteiger partial charge in [0.1, 0.15) is 5.15 Å². The van der Waals surface area contributed by atoms with Crippen LogP contribution in [0.15, 0.2) is 35.3 Å². The van der Waals surface area contributed by atoms with E-state index in [0.717, 1.165) is 10.5 Å². The number of nitrogens with zero attached hydrogens (tertiary/aromatic N) is 3. The molecule has 1 saturated heterocycles. The zero-order valence-electron chi connectivity index (χ0n) is 16.3. The predicted octanol–water partition coefficient (Wildman–Crippen LogP) is 3.17. The number of nitrogens with one attached hydrogen (secondary N) is 1. The Labute approximate surface area is 185 Å². The summed E-state index contributed by atoms with van der Waals surface area (Å²) in [4.78, 5) is 18.0. The van der Waals surface area contributed by atoms with Gasteiger partial charge in [-0.3, -0.25) is 9.20 Å². The van der Waals surface area contributed by atoms with Crippen molar-refractivity contribution in [2.24, 2.45) is 0 Å². The first-order valence-electron chi connectivity index (χ1n) is 9.66. The molecule has 3 aromatic rings. The van der Waals surface area contributed by atoms with Crippen molar-refractivity contribution in [3.63, 3.8) is 0 Å². The summed E-state index contributed by atoms with van der Waals surface area (Å²) in [5.41, 5.74) is -1.27. The molecule has 4 heterocycles. The summed E-state index contributed by atoms with van der Waals surface area (Å²) in [6.07, 6.45) is 0.465. The Morgan fingerprint density at radius 2 is 1.97 bits per heavy atom. The molecule has 0 aromatic carbocycles. The zero-order valence-corrected chi connectivity index (χ0v) is 17.8. The van der Waals surface area contributed by atoms with Crippen LogP contribution in [0.5, 0.6) is 0 Å². The lowest BCUT2D eigenvalue weighted by Crippen LogP contribution is -2.61. The maximum atomic E-state index is 13.7. The van der Waals surface area contributed by atoms with Gasteiger partial charge < -0.3 is 9.32 Å². The third-order valence-electron chi connectivity index (χ3n) is 5.49. The van der Waals surface area contributed by atoms with Crippen molar-refractivity contribution in [3.05, 3.63) is 47.3 Å². The third-order valence-corrected chi connectivity index (χ3v) is 7.86. The lowest BCUT2D eigenvalue weighted by atomic mass is 10.1. The molecule has 3 aromatic heterocycles. The van der Waals surface area contributed by atoms with Crippen molar-refractivity contribution < 1.29 is 30.8 Å². The minimum Gasteiger partial charge on any atom is -0.472 e. The van der Waals surface area contributed by atoms with Crippen LogP contribution in [0.2, 0.25) is 5.15 Å². The summed E-state index contributed by atoms with van der Waals surface area (Å²) in [6.45, 7) is 0.169. The van der Waals surface area contributed by atoms with Crippen molar-refractivity contribution in [2.45, 2.75) is 30.3 Å². The van der Waals surface area contributed by atoms with Crippen LogP contribution in [0.25, 0.3) is 16.8 Å². The third kappa shape index (κ3) is 3.65. The van der Waals surface area contributed by atoms with Crippen LogP contribution in [0.3, 0.4) is 0 Å². The maximum absolute atomic E-state index is 13.7. The van der Waals surface area contributed by atoms with Gasteiger partial charge in [0.25, 0.3) is 5.91 Å². The summed E-state index contributed by atoms with van der Waals surface area (Å²) in [7, 11) is -3.40. The average Bonchev–Trinajstić information content (AvgIpc) is 3.32. The maximum Gasteiger partial charge on any atom is 0.420 e. The smallest absolute Gasteiger partial charge is 0.420 e. The Morgan fingerprint density at radius 3 is 2.56 bits per heavy atom. The predicted molar refractivity (Wildman–Crippen MR) is 108 cm³/mol. The van der Waals surface area contributed by atoms with Crippen LogP contribution in [0.1, 0.15) is 28.9 Å².